The van der Waals surface area contributed by atoms with Crippen LogP contribution in [0.25, 0.3) is 0 Å². The average molecular weight is 303 g/mol. The Labute approximate surface area is 126 Å². The van der Waals surface area contributed by atoms with Crippen molar-refractivity contribution in [1.29, 1.82) is 5.26 Å². The second kappa shape index (κ2) is 7.04. The van der Waals surface area contributed by atoms with Gasteiger partial charge in [-0.15, -0.1) is 0 Å². The molecule has 0 bridgehead atoms. The highest BCUT2D eigenvalue weighted by molar-refractivity contribution is 7.98. The molecule has 0 saturated carbocycles. The van der Waals surface area contributed by atoms with Gasteiger partial charge in [-0.2, -0.15) is 5.26 Å². The molecular formula is C15H14FN3OS. The van der Waals surface area contributed by atoms with Crippen molar-refractivity contribution in [2.24, 2.45) is 0 Å². The van der Waals surface area contributed by atoms with Crippen molar-refractivity contribution in [2.45, 2.75) is 30.7 Å². The van der Waals surface area contributed by atoms with E-state index in [2.05, 4.69) is 9.97 Å². The third kappa shape index (κ3) is 4.17. The van der Waals surface area contributed by atoms with Crippen LogP contribution >= 0.6 is 11.8 Å². The van der Waals surface area contributed by atoms with E-state index in [1.54, 1.807) is 6.07 Å². The molecule has 2 rings (SSSR count). The lowest BCUT2D eigenvalue weighted by atomic mass is 10.1. The Balaban J connectivity index is 2.13. The van der Waals surface area contributed by atoms with Gasteiger partial charge in [-0.3, -0.25) is 4.79 Å². The van der Waals surface area contributed by atoms with Crippen molar-refractivity contribution in [2.75, 3.05) is 0 Å². The standard InChI is InChI=1S/C15H14FN3OS/c1-2-3-12-7-14(20)19-15(18-12)21-9-10-4-5-13(16)11(6-10)8-17/h4-7H,2-3,9H2,1H3,(H,18,19,20). The molecular weight excluding hydrogens is 289 g/mol. The Bertz CT molecular complexity index is 736. The molecule has 0 aliphatic carbocycles. The molecule has 0 aliphatic rings. The van der Waals surface area contributed by atoms with Crippen molar-refractivity contribution in [3.05, 3.63) is 57.3 Å². The van der Waals surface area contributed by atoms with Crippen molar-refractivity contribution in [3.63, 3.8) is 0 Å². The van der Waals surface area contributed by atoms with Crippen LogP contribution in [-0.4, -0.2) is 9.97 Å². The largest absolute Gasteiger partial charge is 0.301 e. The number of halogens is 1. The number of thioether (sulfide) groups is 1. The van der Waals surface area contributed by atoms with Crippen LogP contribution in [-0.2, 0) is 12.2 Å². The quantitative estimate of drug-likeness (QED) is 0.681. The second-order valence-corrected chi connectivity index (χ2v) is 5.47. The minimum absolute atomic E-state index is 0.0225. The summed E-state index contributed by atoms with van der Waals surface area (Å²) in [5.41, 5.74) is 1.42. The molecule has 1 aromatic carbocycles. The van der Waals surface area contributed by atoms with E-state index >= 15 is 0 Å². The lowest BCUT2D eigenvalue weighted by molar-refractivity contribution is 0.623. The maximum atomic E-state index is 13.2. The van der Waals surface area contributed by atoms with Crippen LogP contribution in [0.5, 0.6) is 0 Å². The molecule has 1 N–H and O–H groups in total. The zero-order valence-electron chi connectivity index (χ0n) is 11.5. The molecule has 0 fully saturated rings. The van der Waals surface area contributed by atoms with Gasteiger partial charge in [0.1, 0.15) is 11.9 Å². The summed E-state index contributed by atoms with van der Waals surface area (Å²) in [6.45, 7) is 2.03. The number of nitrogens with one attached hydrogen (secondary N) is 1. The van der Waals surface area contributed by atoms with Gasteiger partial charge in [-0.1, -0.05) is 31.2 Å². The van der Waals surface area contributed by atoms with E-state index in [-0.39, 0.29) is 11.1 Å². The molecule has 21 heavy (non-hydrogen) atoms. The van der Waals surface area contributed by atoms with Crippen molar-refractivity contribution in [1.82, 2.24) is 9.97 Å². The first-order chi connectivity index (χ1) is 10.1. The van der Waals surface area contributed by atoms with Crippen LogP contribution < -0.4 is 5.56 Å². The van der Waals surface area contributed by atoms with Crippen LogP contribution in [0.15, 0.2) is 34.2 Å². The summed E-state index contributed by atoms with van der Waals surface area (Å²) in [6, 6.07) is 7.72. The smallest absolute Gasteiger partial charge is 0.251 e. The Hall–Kier alpha value is -2.13. The Morgan fingerprint density at radius 1 is 1.43 bits per heavy atom. The average Bonchev–Trinajstić information content (AvgIpc) is 2.46. The van der Waals surface area contributed by atoms with E-state index in [4.69, 9.17) is 5.26 Å². The van der Waals surface area contributed by atoms with Crippen molar-refractivity contribution in [3.8, 4) is 6.07 Å². The number of nitriles is 1. The molecule has 0 unspecified atom stereocenters. The number of nitrogens with zero attached hydrogens (tertiary/aromatic N) is 2. The maximum Gasteiger partial charge on any atom is 0.251 e. The fraction of sp³-hybridized carbons (Fsp3) is 0.267. The van der Waals surface area contributed by atoms with Gasteiger partial charge in [0.15, 0.2) is 5.16 Å². The first-order valence-corrected chi connectivity index (χ1v) is 7.52. The van der Waals surface area contributed by atoms with Crippen LogP contribution in [0.4, 0.5) is 4.39 Å². The van der Waals surface area contributed by atoms with E-state index in [0.717, 1.165) is 24.1 Å². The first kappa shape index (κ1) is 15.3. The third-order valence-corrected chi connectivity index (χ3v) is 3.75. The van der Waals surface area contributed by atoms with Gasteiger partial charge in [0.25, 0.3) is 5.56 Å². The lowest BCUT2D eigenvalue weighted by Gasteiger charge is -2.04. The summed E-state index contributed by atoms with van der Waals surface area (Å²) in [5, 5.41) is 9.34. The molecule has 0 amide bonds. The SMILES string of the molecule is CCCc1cc(=O)[nH]c(SCc2ccc(F)c(C#N)c2)n1. The summed E-state index contributed by atoms with van der Waals surface area (Å²) in [7, 11) is 0. The maximum absolute atomic E-state index is 13.2. The summed E-state index contributed by atoms with van der Waals surface area (Å²) in [6.07, 6.45) is 1.68. The number of hydrogen-bond donors (Lipinski definition) is 1. The number of hydrogen-bond acceptors (Lipinski definition) is 4. The topological polar surface area (TPSA) is 69.5 Å². The molecule has 4 nitrogen and oxygen atoms in total. The molecule has 108 valence electrons. The second-order valence-electron chi connectivity index (χ2n) is 4.51. The van der Waals surface area contributed by atoms with E-state index in [0.29, 0.717) is 10.9 Å². The van der Waals surface area contributed by atoms with Gasteiger partial charge in [0, 0.05) is 17.5 Å². The predicted molar refractivity (Wildman–Crippen MR) is 79.5 cm³/mol. The van der Waals surface area contributed by atoms with Crippen LogP contribution in [0.1, 0.15) is 30.2 Å². The number of benzene rings is 1. The van der Waals surface area contributed by atoms with Gasteiger partial charge >= 0.3 is 0 Å². The van der Waals surface area contributed by atoms with Gasteiger partial charge in [0.2, 0.25) is 0 Å². The minimum atomic E-state index is -0.525. The highest BCUT2D eigenvalue weighted by Gasteiger charge is 2.05. The number of H-pyrrole nitrogens is 1. The van der Waals surface area contributed by atoms with Crippen LogP contribution in [0.3, 0.4) is 0 Å². The van der Waals surface area contributed by atoms with Gasteiger partial charge in [-0.05, 0) is 24.1 Å². The first-order valence-electron chi connectivity index (χ1n) is 6.54. The number of rotatable bonds is 5. The molecule has 1 heterocycles. The fourth-order valence-electron chi connectivity index (χ4n) is 1.84. The Morgan fingerprint density at radius 3 is 2.95 bits per heavy atom. The molecule has 0 saturated heterocycles. The van der Waals surface area contributed by atoms with Gasteiger partial charge in [0.05, 0.1) is 5.56 Å². The van der Waals surface area contributed by atoms with Crippen LogP contribution in [0.2, 0.25) is 0 Å². The Kier molecular flexibility index (Phi) is 5.12. The normalized spacial score (nSPS) is 10.3. The number of aryl methyl sites for hydroxylation is 1. The highest BCUT2D eigenvalue weighted by Crippen LogP contribution is 2.20. The van der Waals surface area contributed by atoms with E-state index in [1.165, 1.54) is 30.0 Å². The van der Waals surface area contributed by atoms with Gasteiger partial charge in [-0.25, -0.2) is 9.37 Å². The fourth-order valence-corrected chi connectivity index (χ4v) is 2.67. The summed E-state index contributed by atoms with van der Waals surface area (Å²) >= 11 is 1.35. The van der Waals surface area contributed by atoms with E-state index in [9.17, 15) is 9.18 Å². The summed E-state index contributed by atoms with van der Waals surface area (Å²) in [5.74, 6) is -0.0178. The van der Waals surface area contributed by atoms with Crippen molar-refractivity contribution >= 4 is 11.8 Å². The number of aromatic amines is 1. The molecule has 0 radical (unpaired) electrons. The minimum Gasteiger partial charge on any atom is -0.301 e. The van der Waals surface area contributed by atoms with E-state index in [1.807, 2.05) is 13.0 Å². The lowest BCUT2D eigenvalue weighted by Crippen LogP contribution is -2.09. The predicted octanol–water partition coefficient (Wildman–Crippen LogP) is 3.03. The van der Waals surface area contributed by atoms with Crippen molar-refractivity contribution < 1.29 is 4.39 Å². The number of aromatic nitrogens is 2. The monoisotopic (exact) mass is 303 g/mol. The van der Waals surface area contributed by atoms with Gasteiger partial charge < -0.3 is 4.98 Å². The third-order valence-electron chi connectivity index (χ3n) is 2.81. The molecule has 1 aromatic heterocycles. The van der Waals surface area contributed by atoms with E-state index < -0.39 is 5.82 Å². The zero-order chi connectivity index (χ0) is 15.2. The molecule has 0 atom stereocenters. The van der Waals surface area contributed by atoms with Crippen LogP contribution in [0, 0.1) is 17.1 Å². The zero-order valence-corrected chi connectivity index (χ0v) is 12.3. The molecule has 0 aliphatic heterocycles. The highest BCUT2D eigenvalue weighted by atomic mass is 32.2. The summed E-state index contributed by atoms with van der Waals surface area (Å²) in [4.78, 5) is 18.6. The Morgan fingerprint density at radius 2 is 2.24 bits per heavy atom. The summed E-state index contributed by atoms with van der Waals surface area (Å²) < 4.78 is 13.2. The molecule has 6 heteroatoms. The molecule has 2 aromatic rings. The molecule has 0 spiro atoms.